The Morgan fingerprint density at radius 3 is 0.431 bits per heavy atom. The Kier molecular flexibility index (Phi) is 73.5. The second kappa shape index (κ2) is 63.6. The fourth-order valence-electron chi connectivity index (χ4n) is 7.24. The van der Waals surface area contributed by atoms with Crippen LogP contribution in [0.15, 0.2) is 0 Å². The molecule has 0 fully saturated rings. The molecule has 6 nitrogen and oxygen atoms in total. The number of carbonyl (C=O) groups is 3. The molecule has 0 heterocycles. The second-order valence-corrected chi connectivity index (χ2v) is 16.9. The highest BCUT2D eigenvalue weighted by Crippen LogP contribution is 2.16. The number of hydrogen-bond acceptors (Lipinski definition) is 3. The molecule has 58 heavy (non-hydrogen) atoms. The number of carboxylic acid groups (broad SMARTS) is 3. The summed E-state index contributed by atoms with van der Waals surface area (Å²) in [6.07, 6.45) is 54.8. The Hall–Kier alpha value is -0.0575. The zero-order valence-corrected chi connectivity index (χ0v) is 38.2. The molecular weight excluding hydrogens is 745 g/mol. The van der Waals surface area contributed by atoms with Gasteiger partial charge in [-0.3, -0.25) is 14.4 Å². The highest BCUT2D eigenvalue weighted by Gasteiger charge is 1.99. The molecule has 0 saturated carbocycles. The molecule has 0 aromatic rings. The summed E-state index contributed by atoms with van der Waals surface area (Å²) in [6.45, 7) is 6.79. The predicted molar refractivity (Wildman–Crippen MR) is 260 cm³/mol. The van der Waals surface area contributed by atoms with Gasteiger partial charge in [0.25, 0.3) is 0 Å². The largest absolute Gasteiger partial charge is 0.481 e. The van der Waals surface area contributed by atoms with E-state index in [2.05, 4.69) is 20.8 Å². The maximum Gasteiger partial charge on any atom is 0.316 e. The van der Waals surface area contributed by atoms with Crippen LogP contribution in [0.2, 0.25) is 0 Å². The molecule has 0 rings (SSSR count). The first-order valence-electron chi connectivity index (χ1n) is 25.0. The Morgan fingerprint density at radius 1 is 0.224 bits per heavy atom. The highest BCUT2D eigenvalue weighted by atomic mass is 24.3. The van der Waals surface area contributed by atoms with Gasteiger partial charge >= 0.3 is 64.0 Å². The molecule has 0 aliphatic rings. The lowest BCUT2D eigenvalue weighted by molar-refractivity contribution is -0.138. The number of carboxylic acids is 3. The van der Waals surface area contributed by atoms with Gasteiger partial charge in [0, 0.05) is 19.3 Å². The molecule has 0 aliphatic heterocycles. The van der Waals surface area contributed by atoms with Crippen molar-refractivity contribution in [1.29, 1.82) is 0 Å². The van der Waals surface area contributed by atoms with Crippen molar-refractivity contribution in [3.63, 3.8) is 0 Å². The van der Waals surface area contributed by atoms with E-state index in [1.165, 1.54) is 225 Å². The molecule has 0 aliphatic carbocycles. The standard InChI is InChI=1S/2C18H36O2.C14H28O2.2Mg.4H/c2*1-2-3-4-5-6-7-8-9-10-11-12-13-14-15-16-17-18(19)20;1-2-3-4-5-6-7-8-9-10-11-12-13-14(15)16;;;;;;/h2*2-17H2,1H3,(H,19,20);2-13H2,1H3,(H,15,16);;;;;;. The zero-order valence-electron chi connectivity index (χ0n) is 38.2. The van der Waals surface area contributed by atoms with E-state index < -0.39 is 17.9 Å². The fourth-order valence-corrected chi connectivity index (χ4v) is 7.24. The Labute approximate surface area is 394 Å². The summed E-state index contributed by atoms with van der Waals surface area (Å²) in [6, 6.07) is 0. The number of unbranched alkanes of at least 4 members (excludes halogenated alkanes) is 38. The number of aliphatic carboxylic acids is 3. The van der Waals surface area contributed by atoms with E-state index in [4.69, 9.17) is 15.3 Å². The van der Waals surface area contributed by atoms with Crippen LogP contribution in [-0.4, -0.2) is 79.3 Å². The first-order chi connectivity index (χ1) is 27.3. The smallest absolute Gasteiger partial charge is 0.316 e. The van der Waals surface area contributed by atoms with Gasteiger partial charge in [0.1, 0.15) is 0 Å². The maximum atomic E-state index is 10.3. The van der Waals surface area contributed by atoms with Gasteiger partial charge in [-0.25, -0.2) is 0 Å². The summed E-state index contributed by atoms with van der Waals surface area (Å²) in [5.74, 6) is -1.96. The Morgan fingerprint density at radius 2 is 0.328 bits per heavy atom. The lowest BCUT2D eigenvalue weighted by Gasteiger charge is -2.03. The van der Waals surface area contributed by atoms with Gasteiger partial charge in [-0.05, 0) is 19.3 Å². The molecule has 0 amide bonds. The molecular formula is C50H104Mg2O6. The lowest BCUT2D eigenvalue weighted by Crippen LogP contribution is -1.93. The molecule has 3 N–H and O–H groups in total. The molecule has 0 aromatic heterocycles. The first kappa shape index (κ1) is 67.0. The molecule has 344 valence electrons. The summed E-state index contributed by atoms with van der Waals surface area (Å²) in [5, 5.41) is 25.5. The van der Waals surface area contributed by atoms with Crippen LogP contribution in [0, 0.1) is 0 Å². The van der Waals surface area contributed by atoms with E-state index in [-0.39, 0.29) is 46.1 Å². The topological polar surface area (TPSA) is 112 Å². The van der Waals surface area contributed by atoms with Gasteiger partial charge in [0.2, 0.25) is 0 Å². The van der Waals surface area contributed by atoms with E-state index in [0.717, 1.165) is 38.5 Å². The minimum absolute atomic E-state index is 0. The summed E-state index contributed by atoms with van der Waals surface area (Å²) in [5.41, 5.74) is 0. The molecule has 0 unspecified atom stereocenters. The third-order valence-electron chi connectivity index (χ3n) is 11.0. The van der Waals surface area contributed by atoms with Crippen LogP contribution in [-0.2, 0) is 14.4 Å². The van der Waals surface area contributed by atoms with Gasteiger partial charge in [-0.15, -0.1) is 0 Å². The van der Waals surface area contributed by atoms with Crippen LogP contribution >= 0.6 is 0 Å². The van der Waals surface area contributed by atoms with E-state index in [9.17, 15) is 14.4 Å². The van der Waals surface area contributed by atoms with Crippen molar-refractivity contribution in [2.75, 3.05) is 0 Å². The highest BCUT2D eigenvalue weighted by molar-refractivity contribution is 5.76. The number of rotatable bonds is 44. The van der Waals surface area contributed by atoms with E-state index in [1.807, 2.05) is 0 Å². The van der Waals surface area contributed by atoms with Crippen molar-refractivity contribution >= 4 is 64.0 Å². The third-order valence-corrected chi connectivity index (χ3v) is 11.0. The van der Waals surface area contributed by atoms with Crippen molar-refractivity contribution in [2.45, 2.75) is 303 Å². The SMILES string of the molecule is CCCCCCCCCCCCCC(=O)O.CCCCCCCCCCCCCCCCCC(=O)O.CCCCCCCCCCCCCCCCCC(=O)O.[MgH2].[MgH2]. The van der Waals surface area contributed by atoms with Crippen molar-refractivity contribution in [3.8, 4) is 0 Å². The fraction of sp³-hybridized carbons (Fsp3) is 0.940. The summed E-state index contributed by atoms with van der Waals surface area (Å²) < 4.78 is 0. The molecule has 0 atom stereocenters. The van der Waals surface area contributed by atoms with Crippen LogP contribution in [0.5, 0.6) is 0 Å². The van der Waals surface area contributed by atoms with Crippen LogP contribution in [0.1, 0.15) is 303 Å². The van der Waals surface area contributed by atoms with Crippen molar-refractivity contribution in [3.05, 3.63) is 0 Å². The Bertz CT molecular complexity index is 722. The summed E-state index contributed by atoms with van der Waals surface area (Å²) in [4.78, 5) is 30.9. The van der Waals surface area contributed by atoms with Gasteiger partial charge < -0.3 is 15.3 Å². The van der Waals surface area contributed by atoms with Crippen molar-refractivity contribution in [1.82, 2.24) is 0 Å². The third kappa shape index (κ3) is 76.6. The van der Waals surface area contributed by atoms with E-state index in [0.29, 0.717) is 19.3 Å². The molecule has 0 saturated heterocycles. The van der Waals surface area contributed by atoms with Crippen molar-refractivity contribution in [2.24, 2.45) is 0 Å². The minimum atomic E-state index is -0.657. The second-order valence-electron chi connectivity index (χ2n) is 16.9. The summed E-state index contributed by atoms with van der Waals surface area (Å²) >= 11 is 0. The Balaban J connectivity index is -0.000000240. The van der Waals surface area contributed by atoms with Gasteiger partial charge in [0.15, 0.2) is 0 Å². The van der Waals surface area contributed by atoms with Crippen LogP contribution < -0.4 is 0 Å². The first-order valence-corrected chi connectivity index (χ1v) is 25.0. The van der Waals surface area contributed by atoms with Gasteiger partial charge in [-0.2, -0.15) is 0 Å². The normalized spacial score (nSPS) is 10.4. The number of hydrogen-bond donors (Lipinski definition) is 3. The average molecular weight is 850 g/mol. The quantitative estimate of drug-likeness (QED) is 0.0416. The molecule has 0 radical (unpaired) electrons. The maximum absolute atomic E-state index is 10.3. The van der Waals surface area contributed by atoms with Gasteiger partial charge in [0.05, 0.1) is 0 Å². The molecule has 0 bridgehead atoms. The van der Waals surface area contributed by atoms with Crippen LogP contribution in [0.4, 0.5) is 0 Å². The van der Waals surface area contributed by atoms with E-state index in [1.54, 1.807) is 0 Å². The van der Waals surface area contributed by atoms with Crippen LogP contribution in [0.3, 0.4) is 0 Å². The average Bonchev–Trinajstić information content (AvgIpc) is 3.17. The molecule has 8 heteroatoms. The molecule has 0 spiro atoms. The molecule has 0 aromatic carbocycles. The summed E-state index contributed by atoms with van der Waals surface area (Å²) in [7, 11) is 0. The minimum Gasteiger partial charge on any atom is -0.481 e. The van der Waals surface area contributed by atoms with Crippen molar-refractivity contribution < 1.29 is 29.7 Å². The monoisotopic (exact) mass is 849 g/mol. The predicted octanol–water partition coefficient (Wildman–Crippen LogP) is 15.6. The van der Waals surface area contributed by atoms with Gasteiger partial charge in [-0.1, -0.05) is 265 Å². The lowest BCUT2D eigenvalue weighted by atomic mass is 10.0. The van der Waals surface area contributed by atoms with Crippen LogP contribution in [0.25, 0.3) is 0 Å². The zero-order chi connectivity index (χ0) is 41.8. The van der Waals surface area contributed by atoms with E-state index >= 15 is 0 Å².